The minimum atomic E-state index is -0.341. The molecule has 102 valence electrons. The first-order chi connectivity index (χ1) is 7.50. The van der Waals surface area contributed by atoms with Gasteiger partial charge in [-0.15, -0.1) is 12.4 Å². The highest BCUT2D eigenvalue weighted by Crippen LogP contribution is 2.23. The van der Waals surface area contributed by atoms with Crippen molar-refractivity contribution in [2.24, 2.45) is 17.6 Å². The number of rotatable bonds is 4. The Morgan fingerprint density at radius 3 is 2.24 bits per heavy atom. The van der Waals surface area contributed by atoms with E-state index in [0.29, 0.717) is 0 Å². The van der Waals surface area contributed by atoms with E-state index < -0.39 is 0 Å². The zero-order valence-electron chi connectivity index (χ0n) is 11.3. The Kier molecular flexibility index (Phi) is 7.80. The summed E-state index contributed by atoms with van der Waals surface area (Å²) in [6, 6.07) is -0.341. The van der Waals surface area contributed by atoms with Crippen LogP contribution in [0.2, 0.25) is 0 Å². The van der Waals surface area contributed by atoms with E-state index in [1.54, 1.807) is 6.92 Å². The van der Waals surface area contributed by atoms with E-state index in [-0.39, 0.29) is 24.4 Å². The van der Waals surface area contributed by atoms with Crippen LogP contribution in [-0.4, -0.2) is 29.9 Å². The van der Waals surface area contributed by atoms with Gasteiger partial charge in [-0.2, -0.15) is 0 Å². The molecule has 0 bridgehead atoms. The second kappa shape index (κ2) is 7.93. The topological polar surface area (TPSA) is 46.3 Å². The number of likely N-dealkylation sites (tertiary alicyclic amines) is 1. The highest BCUT2D eigenvalue weighted by molar-refractivity contribution is 5.85. The fourth-order valence-electron chi connectivity index (χ4n) is 2.30. The molecule has 1 heterocycles. The number of nitrogens with zero attached hydrogens (tertiary/aromatic N) is 1. The smallest absolute Gasteiger partial charge is 0.239 e. The Morgan fingerprint density at radius 1 is 1.29 bits per heavy atom. The van der Waals surface area contributed by atoms with Crippen LogP contribution in [0.1, 0.15) is 46.5 Å². The van der Waals surface area contributed by atoms with Gasteiger partial charge >= 0.3 is 0 Å². The van der Waals surface area contributed by atoms with Gasteiger partial charge in [0.25, 0.3) is 0 Å². The van der Waals surface area contributed by atoms with E-state index in [4.69, 9.17) is 5.73 Å². The van der Waals surface area contributed by atoms with Gasteiger partial charge in [0.1, 0.15) is 0 Å². The van der Waals surface area contributed by atoms with Crippen molar-refractivity contribution in [1.82, 2.24) is 4.90 Å². The van der Waals surface area contributed by atoms with Gasteiger partial charge in [-0.05, 0) is 31.6 Å². The van der Waals surface area contributed by atoms with Crippen molar-refractivity contribution < 1.29 is 4.79 Å². The monoisotopic (exact) mass is 262 g/mol. The van der Waals surface area contributed by atoms with E-state index >= 15 is 0 Å². The predicted octanol–water partition coefficient (Wildman–Crippen LogP) is 2.43. The predicted molar refractivity (Wildman–Crippen MR) is 74.3 cm³/mol. The van der Waals surface area contributed by atoms with E-state index in [1.807, 2.05) is 4.90 Å². The molecule has 1 rings (SSSR count). The van der Waals surface area contributed by atoms with Gasteiger partial charge in [0, 0.05) is 13.1 Å². The first-order valence-electron chi connectivity index (χ1n) is 6.55. The number of piperidine rings is 1. The third-order valence-electron chi connectivity index (χ3n) is 3.47. The van der Waals surface area contributed by atoms with E-state index in [9.17, 15) is 4.79 Å². The number of nitrogens with two attached hydrogens (primary N) is 1. The van der Waals surface area contributed by atoms with Gasteiger partial charge in [0.2, 0.25) is 5.91 Å². The fraction of sp³-hybridized carbons (Fsp3) is 0.923. The lowest BCUT2D eigenvalue weighted by Gasteiger charge is -2.33. The molecule has 0 saturated carbocycles. The van der Waals surface area contributed by atoms with Gasteiger partial charge in [-0.1, -0.05) is 26.7 Å². The summed E-state index contributed by atoms with van der Waals surface area (Å²) in [6.07, 6.45) is 4.94. The molecule has 17 heavy (non-hydrogen) atoms. The molecule has 1 aliphatic rings. The van der Waals surface area contributed by atoms with Crippen molar-refractivity contribution in [2.75, 3.05) is 13.1 Å². The van der Waals surface area contributed by atoms with Gasteiger partial charge in [-0.3, -0.25) is 4.79 Å². The Balaban J connectivity index is 0.00000256. The molecule has 0 aromatic heterocycles. The average Bonchev–Trinajstić information content (AvgIpc) is 2.26. The molecule has 0 radical (unpaired) electrons. The maximum absolute atomic E-state index is 11.7. The molecule has 4 heteroatoms. The average molecular weight is 263 g/mol. The van der Waals surface area contributed by atoms with Crippen LogP contribution < -0.4 is 5.73 Å². The number of hydrogen-bond donors (Lipinski definition) is 1. The zero-order valence-corrected chi connectivity index (χ0v) is 12.1. The zero-order chi connectivity index (χ0) is 12.1. The van der Waals surface area contributed by atoms with E-state index in [1.165, 1.54) is 12.8 Å². The minimum absolute atomic E-state index is 0. The third kappa shape index (κ3) is 5.73. The summed E-state index contributed by atoms with van der Waals surface area (Å²) in [7, 11) is 0. The van der Waals surface area contributed by atoms with Crippen LogP contribution in [0, 0.1) is 11.8 Å². The van der Waals surface area contributed by atoms with Crippen molar-refractivity contribution in [2.45, 2.75) is 52.5 Å². The van der Waals surface area contributed by atoms with Crippen LogP contribution in [0.15, 0.2) is 0 Å². The molecular formula is C13H27ClN2O. The van der Waals surface area contributed by atoms with E-state index in [2.05, 4.69) is 13.8 Å². The fourth-order valence-corrected chi connectivity index (χ4v) is 2.30. The van der Waals surface area contributed by atoms with Crippen molar-refractivity contribution in [1.29, 1.82) is 0 Å². The summed E-state index contributed by atoms with van der Waals surface area (Å²) in [5.41, 5.74) is 5.61. The molecule has 0 aliphatic carbocycles. The Hall–Kier alpha value is -0.280. The van der Waals surface area contributed by atoms with E-state index in [0.717, 1.165) is 37.8 Å². The van der Waals surface area contributed by atoms with Gasteiger partial charge < -0.3 is 10.6 Å². The number of amides is 1. The molecule has 1 amide bonds. The quantitative estimate of drug-likeness (QED) is 0.846. The largest absolute Gasteiger partial charge is 0.341 e. The Morgan fingerprint density at radius 2 is 1.82 bits per heavy atom. The van der Waals surface area contributed by atoms with Crippen LogP contribution in [0.25, 0.3) is 0 Å². The number of carbonyl (C=O) groups excluding carboxylic acids is 1. The van der Waals surface area contributed by atoms with Crippen molar-refractivity contribution in [3.63, 3.8) is 0 Å². The first kappa shape index (κ1) is 16.7. The van der Waals surface area contributed by atoms with Crippen LogP contribution in [0.5, 0.6) is 0 Å². The molecule has 1 saturated heterocycles. The SMILES string of the molecule is CC(C)CCC1CCN(C(=O)[C@H](C)N)CC1.Cl. The van der Waals surface area contributed by atoms with Crippen molar-refractivity contribution >= 4 is 18.3 Å². The van der Waals surface area contributed by atoms with Crippen LogP contribution in [0.3, 0.4) is 0 Å². The normalized spacial score (nSPS) is 19.0. The molecule has 1 aliphatic heterocycles. The van der Waals surface area contributed by atoms with Crippen LogP contribution >= 0.6 is 12.4 Å². The lowest BCUT2D eigenvalue weighted by Crippen LogP contribution is -2.45. The van der Waals surface area contributed by atoms with Gasteiger partial charge in [-0.25, -0.2) is 0 Å². The van der Waals surface area contributed by atoms with Crippen molar-refractivity contribution in [3.8, 4) is 0 Å². The first-order valence-corrected chi connectivity index (χ1v) is 6.55. The van der Waals surface area contributed by atoms with Crippen molar-refractivity contribution in [3.05, 3.63) is 0 Å². The summed E-state index contributed by atoms with van der Waals surface area (Å²) >= 11 is 0. The molecular weight excluding hydrogens is 236 g/mol. The maximum Gasteiger partial charge on any atom is 0.239 e. The number of halogens is 1. The standard InChI is InChI=1S/C13H26N2O.ClH/c1-10(2)4-5-12-6-8-15(9-7-12)13(16)11(3)14;/h10-12H,4-9,14H2,1-3H3;1H/t11-;/m0./s1. The number of carbonyl (C=O) groups is 1. The minimum Gasteiger partial charge on any atom is -0.341 e. The molecule has 1 atom stereocenters. The van der Waals surface area contributed by atoms with Gasteiger partial charge in [0.05, 0.1) is 6.04 Å². The Labute approximate surface area is 112 Å². The maximum atomic E-state index is 11.7. The molecule has 0 aromatic rings. The molecule has 0 aromatic carbocycles. The lowest BCUT2D eigenvalue weighted by molar-refractivity contribution is -0.133. The molecule has 0 spiro atoms. The second-order valence-electron chi connectivity index (χ2n) is 5.53. The molecule has 0 unspecified atom stereocenters. The molecule has 3 nitrogen and oxygen atoms in total. The highest BCUT2D eigenvalue weighted by Gasteiger charge is 2.24. The summed E-state index contributed by atoms with van der Waals surface area (Å²) < 4.78 is 0. The third-order valence-corrected chi connectivity index (χ3v) is 3.47. The van der Waals surface area contributed by atoms with Crippen LogP contribution in [0.4, 0.5) is 0 Å². The highest BCUT2D eigenvalue weighted by atomic mass is 35.5. The second-order valence-corrected chi connectivity index (χ2v) is 5.53. The van der Waals surface area contributed by atoms with Crippen LogP contribution in [-0.2, 0) is 4.79 Å². The Bertz CT molecular complexity index is 223. The molecule has 2 N–H and O–H groups in total. The summed E-state index contributed by atoms with van der Waals surface area (Å²) in [4.78, 5) is 13.6. The molecule has 1 fully saturated rings. The van der Waals surface area contributed by atoms with Gasteiger partial charge in [0.15, 0.2) is 0 Å². The lowest BCUT2D eigenvalue weighted by atomic mass is 9.89. The number of hydrogen-bond acceptors (Lipinski definition) is 2. The summed E-state index contributed by atoms with van der Waals surface area (Å²) in [6.45, 7) is 8.13. The summed E-state index contributed by atoms with van der Waals surface area (Å²) in [5, 5.41) is 0. The summed E-state index contributed by atoms with van der Waals surface area (Å²) in [5.74, 6) is 1.73.